The average molecular weight is 245 g/mol. The fourth-order valence-corrected chi connectivity index (χ4v) is 1.82. The summed E-state index contributed by atoms with van der Waals surface area (Å²) in [5.41, 5.74) is 0.921. The molecule has 2 aromatic rings. The summed E-state index contributed by atoms with van der Waals surface area (Å²) in [6, 6.07) is 9.26. The molecule has 0 saturated carbocycles. The number of aromatic carboxylic acids is 2. The highest BCUT2D eigenvalue weighted by Crippen LogP contribution is 2.18. The minimum Gasteiger partial charge on any atom is -0.478 e. The molecule has 0 bridgehead atoms. The van der Waals surface area contributed by atoms with Gasteiger partial charge in [0.1, 0.15) is 0 Å². The van der Waals surface area contributed by atoms with Crippen LogP contribution in [0.15, 0.2) is 36.5 Å². The molecule has 1 aromatic heterocycles. The summed E-state index contributed by atoms with van der Waals surface area (Å²) in [6.45, 7) is 0. The Kier molecular flexibility index (Phi) is 3.14. The number of aromatic amines is 1. The van der Waals surface area contributed by atoms with Crippen LogP contribution in [-0.4, -0.2) is 27.1 Å². The number of nitrogens with one attached hydrogen (secondary N) is 1. The molecule has 3 N–H and O–H groups in total. The zero-order valence-electron chi connectivity index (χ0n) is 9.38. The maximum Gasteiger partial charge on any atom is 0.338 e. The molecular weight excluding hydrogens is 234 g/mol. The highest BCUT2D eigenvalue weighted by molar-refractivity contribution is 6.02. The van der Waals surface area contributed by atoms with Crippen molar-refractivity contribution in [3.05, 3.63) is 58.9 Å². The van der Waals surface area contributed by atoms with Gasteiger partial charge in [-0.05, 0) is 5.56 Å². The van der Waals surface area contributed by atoms with E-state index in [1.807, 2.05) is 30.3 Å². The van der Waals surface area contributed by atoms with Crippen LogP contribution in [-0.2, 0) is 6.42 Å². The van der Waals surface area contributed by atoms with E-state index in [2.05, 4.69) is 4.98 Å². The molecule has 0 aliphatic rings. The molecule has 2 rings (SSSR count). The molecule has 0 saturated heterocycles. The van der Waals surface area contributed by atoms with Gasteiger partial charge in [0, 0.05) is 18.3 Å². The third-order valence-electron chi connectivity index (χ3n) is 2.63. The predicted molar refractivity (Wildman–Crippen MR) is 64.0 cm³/mol. The van der Waals surface area contributed by atoms with Crippen molar-refractivity contribution < 1.29 is 19.8 Å². The second-order valence-corrected chi connectivity index (χ2v) is 3.83. The Morgan fingerprint density at radius 3 is 2.28 bits per heavy atom. The van der Waals surface area contributed by atoms with Crippen LogP contribution in [0.1, 0.15) is 32.0 Å². The normalized spacial score (nSPS) is 10.2. The molecule has 1 heterocycles. The summed E-state index contributed by atoms with van der Waals surface area (Å²) >= 11 is 0. The highest BCUT2D eigenvalue weighted by atomic mass is 16.4. The molecular formula is C13H11NO4. The molecule has 0 unspecified atom stereocenters. The average Bonchev–Trinajstić information content (AvgIpc) is 2.74. The molecule has 1 aromatic carbocycles. The van der Waals surface area contributed by atoms with Crippen LogP contribution in [0.5, 0.6) is 0 Å². The van der Waals surface area contributed by atoms with Gasteiger partial charge in [0.2, 0.25) is 0 Å². The maximum atomic E-state index is 11.1. The molecule has 5 heteroatoms. The Labute approximate surface area is 103 Å². The third kappa shape index (κ3) is 2.24. The van der Waals surface area contributed by atoms with E-state index in [1.54, 1.807) is 0 Å². The van der Waals surface area contributed by atoms with E-state index in [0.717, 1.165) is 5.56 Å². The number of benzene rings is 1. The Bertz CT molecular complexity index is 586. The molecule has 0 aliphatic heterocycles. The predicted octanol–water partition coefficient (Wildman–Crippen LogP) is 2.00. The lowest BCUT2D eigenvalue weighted by molar-refractivity contribution is 0.0652. The summed E-state index contributed by atoms with van der Waals surface area (Å²) in [5, 5.41) is 18.0. The highest BCUT2D eigenvalue weighted by Gasteiger charge is 2.22. The Balaban J connectivity index is 2.40. The minimum atomic E-state index is -1.25. The van der Waals surface area contributed by atoms with Gasteiger partial charge in [0.25, 0.3) is 0 Å². The van der Waals surface area contributed by atoms with Crippen molar-refractivity contribution in [2.75, 3.05) is 0 Å². The number of H-pyrrole nitrogens is 1. The number of carboxylic acids is 2. The number of carbonyl (C=O) groups is 2. The van der Waals surface area contributed by atoms with Crippen LogP contribution < -0.4 is 0 Å². The van der Waals surface area contributed by atoms with Gasteiger partial charge in [-0.25, -0.2) is 9.59 Å². The second-order valence-electron chi connectivity index (χ2n) is 3.83. The van der Waals surface area contributed by atoms with Gasteiger partial charge in [0.05, 0.1) is 11.1 Å². The van der Waals surface area contributed by atoms with Crippen LogP contribution in [0.4, 0.5) is 0 Å². The van der Waals surface area contributed by atoms with E-state index in [4.69, 9.17) is 10.2 Å². The SMILES string of the molecule is O=C(O)c1c[nH]c(Cc2ccccc2)c1C(=O)O. The van der Waals surface area contributed by atoms with Crippen LogP contribution in [0.25, 0.3) is 0 Å². The van der Waals surface area contributed by atoms with Crippen molar-refractivity contribution in [3.63, 3.8) is 0 Å². The van der Waals surface area contributed by atoms with Crippen molar-refractivity contribution in [2.45, 2.75) is 6.42 Å². The smallest absolute Gasteiger partial charge is 0.338 e. The molecule has 0 fully saturated rings. The monoisotopic (exact) mass is 245 g/mol. The molecule has 5 nitrogen and oxygen atoms in total. The standard InChI is InChI=1S/C13H11NO4/c15-12(16)9-7-14-10(11(9)13(17)18)6-8-4-2-1-3-5-8/h1-5,7,14H,6H2,(H,15,16)(H,17,18). The van der Waals surface area contributed by atoms with Crippen molar-refractivity contribution >= 4 is 11.9 Å². The number of carboxylic acid groups (broad SMARTS) is 2. The summed E-state index contributed by atoms with van der Waals surface area (Å²) in [7, 11) is 0. The number of hydrogen-bond donors (Lipinski definition) is 3. The van der Waals surface area contributed by atoms with Gasteiger partial charge < -0.3 is 15.2 Å². The summed E-state index contributed by atoms with van der Waals surface area (Å²) in [4.78, 5) is 24.7. The van der Waals surface area contributed by atoms with Crippen molar-refractivity contribution in [3.8, 4) is 0 Å². The van der Waals surface area contributed by atoms with E-state index in [0.29, 0.717) is 12.1 Å². The van der Waals surface area contributed by atoms with Crippen molar-refractivity contribution in [2.24, 2.45) is 0 Å². The lowest BCUT2D eigenvalue weighted by Crippen LogP contribution is -2.07. The first-order valence-electron chi connectivity index (χ1n) is 5.30. The molecule has 0 radical (unpaired) electrons. The van der Waals surface area contributed by atoms with Crippen molar-refractivity contribution in [1.29, 1.82) is 0 Å². The van der Waals surface area contributed by atoms with E-state index >= 15 is 0 Å². The van der Waals surface area contributed by atoms with Crippen LogP contribution in [0, 0.1) is 0 Å². The van der Waals surface area contributed by atoms with E-state index in [-0.39, 0.29) is 11.1 Å². The summed E-state index contributed by atoms with van der Waals surface area (Å²) in [6.07, 6.45) is 1.57. The van der Waals surface area contributed by atoms with Gasteiger partial charge in [-0.2, -0.15) is 0 Å². The first-order valence-corrected chi connectivity index (χ1v) is 5.30. The Morgan fingerprint density at radius 1 is 1.06 bits per heavy atom. The number of rotatable bonds is 4. The molecule has 0 amide bonds. The number of hydrogen-bond acceptors (Lipinski definition) is 2. The Morgan fingerprint density at radius 2 is 1.72 bits per heavy atom. The topological polar surface area (TPSA) is 90.4 Å². The van der Waals surface area contributed by atoms with Gasteiger partial charge in [-0.3, -0.25) is 0 Å². The molecule has 0 spiro atoms. The molecule has 0 aliphatic carbocycles. The first kappa shape index (κ1) is 11.9. The molecule has 92 valence electrons. The van der Waals surface area contributed by atoms with Gasteiger partial charge in [-0.15, -0.1) is 0 Å². The van der Waals surface area contributed by atoms with E-state index in [9.17, 15) is 9.59 Å². The van der Waals surface area contributed by atoms with Crippen LogP contribution in [0.3, 0.4) is 0 Å². The lowest BCUT2D eigenvalue weighted by Gasteiger charge is -2.01. The first-order chi connectivity index (χ1) is 8.59. The van der Waals surface area contributed by atoms with E-state index < -0.39 is 11.9 Å². The zero-order valence-corrected chi connectivity index (χ0v) is 9.38. The zero-order chi connectivity index (χ0) is 13.1. The summed E-state index contributed by atoms with van der Waals surface area (Å²) < 4.78 is 0. The van der Waals surface area contributed by atoms with Crippen molar-refractivity contribution in [1.82, 2.24) is 4.98 Å². The fourth-order valence-electron chi connectivity index (χ4n) is 1.82. The lowest BCUT2D eigenvalue weighted by atomic mass is 10.0. The van der Waals surface area contributed by atoms with Crippen LogP contribution >= 0.6 is 0 Å². The summed E-state index contributed by atoms with van der Waals surface area (Å²) in [5.74, 6) is -2.48. The largest absolute Gasteiger partial charge is 0.478 e. The maximum absolute atomic E-state index is 11.1. The van der Waals surface area contributed by atoms with E-state index in [1.165, 1.54) is 6.20 Å². The second kappa shape index (κ2) is 4.75. The molecule has 18 heavy (non-hydrogen) atoms. The van der Waals surface area contributed by atoms with Gasteiger partial charge in [-0.1, -0.05) is 30.3 Å². The Hall–Kier alpha value is -2.56. The fraction of sp³-hybridized carbons (Fsp3) is 0.0769. The quantitative estimate of drug-likeness (QED) is 0.768. The van der Waals surface area contributed by atoms with Gasteiger partial charge in [0.15, 0.2) is 0 Å². The van der Waals surface area contributed by atoms with Crippen LogP contribution in [0.2, 0.25) is 0 Å². The van der Waals surface area contributed by atoms with Gasteiger partial charge >= 0.3 is 11.9 Å². The minimum absolute atomic E-state index is 0.175. The number of aromatic nitrogens is 1. The molecule has 0 atom stereocenters. The third-order valence-corrected chi connectivity index (χ3v) is 2.63.